The summed E-state index contributed by atoms with van der Waals surface area (Å²) >= 11 is 12.8. The van der Waals surface area contributed by atoms with Crippen LogP contribution >= 0.6 is 23.2 Å². The molecule has 1 aliphatic heterocycles. The van der Waals surface area contributed by atoms with Gasteiger partial charge in [-0.05, 0) is 30.5 Å². The van der Waals surface area contributed by atoms with Crippen molar-refractivity contribution in [2.24, 2.45) is 0 Å². The topological polar surface area (TPSA) is 63.5 Å². The number of halogens is 2. The molecule has 0 bridgehead atoms. The van der Waals surface area contributed by atoms with E-state index in [1.807, 2.05) is 18.2 Å². The highest BCUT2D eigenvalue weighted by Gasteiger charge is 2.74. The average molecular weight is 340 g/mol. The summed E-state index contributed by atoms with van der Waals surface area (Å²) in [7, 11) is 0. The van der Waals surface area contributed by atoms with Crippen LogP contribution in [-0.2, 0) is 16.9 Å². The maximum Gasteiger partial charge on any atom is 0.149 e. The second-order valence-corrected chi connectivity index (χ2v) is 7.20. The molecule has 1 aliphatic carbocycles. The lowest BCUT2D eigenvalue weighted by atomic mass is 9.78. The van der Waals surface area contributed by atoms with E-state index in [9.17, 15) is 5.11 Å². The van der Waals surface area contributed by atoms with Crippen LogP contribution in [0.4, 0.5) is 0 Å². The van der Waals surface area contributed by atoms with E-state index >= 15 is 0 Å². The Morgan fingerprint density at radius 1 is 1.41 bits per heavy atom. The summed E-state index contributed by atoms with van der Waals surface area (Å²) in [6.07, 6.45) is 4.49. The summed E-state index contributed by atoms with van der Waals surface area (Å²) in [5.74, 6) is 0. The number of hydrogen-bond acceptors (Lipinski definition) is 4. The molecule has 2 heterocycles. The van der Waals surface area contributed by atoms with E-state index in [1.54, 1.807) is 17.1 Å². The molecule has 22 heavy (non-hydrogen) atoms. The van der Waals surface area contributed by atoms with Crippen molar-refractivity contribution in [1.29, 1.82) is 0 Å². The average Bonchev–Trinajstić information content (AvgIpc) is 3.40. The molecule has 116 valence electrons. The van der Waals surface area contributed by atoms with E-state index in [-0.39, 0.29) is 6.54 Å². The molecule has 2 atom stereocenters. The minimum Gasteiger partial charge on any atom is -0.383 e. The molecule has 0 radical (unpaired) electrons. The Labute approximate surface area is 137 Å². The third-order valence-corrected chi connectivity index (χ3v) is 5.61. The van der Waals surface area contributed by atoms with Gasteiger partial charge in [0.1, 0.15) is 23.9 Å². The second-order valence-electron chi connectivity index (χ2n) is 6.04. The van der Waals surface area contributed by atoms with E-state index in [2.05, 4.69) is 10.1 Å². The zero-order chi connectivity index (χ0) is 15.4. The first-order valence-corrected chi connectivity index (χ1v) is 7.88. The molecule has 2 aliphatic rings. The molecule has 1 saturated heterocycles. The van der Waals surface area contributed by atoms with E-state index in [1.165, 1.54) is 6.33 Å². The van der Waals surface area contributed by atoms with Crippen molar-refractivity contribution in [1.82, 2.24) is 14.8 Å². The van der Waals surface area contributed by atoms with Gasteiger partial charge in [0.25, 0.3) is 0 Å². The lowest BCUT2D eigenvalue weighted by Gasteiger charge is -2.38. The third-order valence-electron chi connectivity index (χ3n) is 4.68. The third kappa shape index (κ3) is 2.00. The second kappa shape index (κ2) is 4.68. The van der Waals surface area contributed by atoms with Crippen molar-refractivity contribution >= 4 is 23.2 Å². The van der Waals surface area contributed by atoms with Crippen molar-refractivity contribution in [3.63, 3.8) is 0 Å². The monoisotopic (exact) mass is 339 g/mol. The first-order valence-electron chi connectivity index (χ1n) is 7.13. The van der Waals surface area contributed by atoms with Crippen LogP contribution in [0, 0.1) is 0 Å². The molecule has 1 saturated carbocycles. The zero-order valence-electron chi connectivity index (χ0n) is 11.7. The van der Waals surface area contributed by atoms with Crippen molar-refractivity contribution in [3.8, 4) is 0 Å². The highest BCUT2D eigenvalue weighted by atomic mass is 35.5. The molecule has 1 N–H and O–H groups in total. The Bertz CT molecular complexity index is 699. The number of hydrogen-bond donors (Lipinski definition) is 1. The number of benzene rings is 1. The summed E-state index contributed by atoms with van der Waals surface area (Å²) in [4.78, 5) is 3.22. The van der Waals surface area contributed by atoms with Crippen LogP contribution < -0.4 is 0 Å². The summed E-state index contributed by atoms with van der Waals surface area (Å²) in [6, 6.07) is 7.38. The fraction of sp³-hybridized carbons (Fsp3) is 0.467. The van der Waals surface area contributed by atoms with Crippen LogP contribution in [0.2, 0.25) is 5.02 Å². The molecule has 5 nitrogen and oxygen atoms in total. The van der Waals surface area contributed by atoms with E-state index in [0.29, 0.717) is 11.6 Å². The zero-order valence-corrected chi connectivity index (χ0v) is 13.3. The van der Waals surface area contributed by atoms with Gasteiger partial charge in [0, 0.05) is 5.02 Å². The minimum absolute atomic E-state index is 0.225. The lowest BCUT2D eigenvalue weighted by Crippen LogP contribution is -2.55. The molecule has 1 aromatic heterocycles. The number of nitrogens with zero attached hydrogens (tertiary/aromatic N) is 3. The molecule has 4 rings (SSSR count). The molecule has 1 aromatic carbocycles. The van der Waals surface area contributed by atoms with Crippen molar-refractivity contribution in [2.45, 2.75) is 35.5 Å². The van der Waals surface area contributed by atoms with E-state index < -0.39 is 16.1 Å². The Kier molecular flexibility index (Phi) is 3.07. The SMILES string of the molecule is OC(Cn1cncn1)(C1(Cl)CC1)C1(c2cccc(Cl)c2)CO1. The molecule has 2 unspecified atom stereocenters. The Morgan fingerprint density at radius 2 is 2.18 bits per heavy atom. The number of ether oxygens (including phenoxy) is 1. The van der Waals surface area contributed by atoms with E-state index in [0.717, 1.165) is 18.4 Å². The van der Waals surface area contributed by atoms with Crippen LogP contribution in [0.1, 0.15) is 18.4 Å². The van der Waals surface area contributed by atoms with Crippen molar-refractivity contribution in [2.75, 3.05) is 6.61 Å². The van der Waals surface area contributed by atoms with Gasteiger partial charge in [-0.3, -0.25) is 0 Å². The molecule has 0 amide bonds. The molecular weight excluding hydrogens is 325 g/mol. The Balaban J connectivity index is 1.78. The van der Waals surface area contributed by atoms with Crippen molar-refractivity contribution < 1.29 is 9.84 Å². The number of alkyl halides is 1. The quantitative estimate of drug-likeness (QED) is 0.670. The minimum atomic E-state index is -1.28. The highest BCUT2D eigenvalue weighted by molar-refractivity contribution is 6.30. The van der Waals surface area contributed by atoms with Gasteiger partial charge < -0.3 is 9.84 Å². The summed E-state index contributed by atoms with van der Waals surface area (Å²) in [5, 5.41) is 16.2. The summed E-state index contributed by atoms with van der Waals surface area (Å²) in [6.45, 7) is 0.635. The van der Waals surface area contributed by atoms with E-state index in [4.69, 9.17) is 27.9 Å². The van der Waals surface area contributed by atoms with Crippen LogP contribution in [0.3, 0.4) is 0 Å². The summed E-state index contributed by atoms with van der Waals surface area (Å²) in [5.41, 5.74) is -1.28. The fourth-order valence-corrected chi connectivity index (χ4v) is 3.66. The largest absolute Gasteiger partial charge is 0.383 e. The molecule has 2 fully saturated rings. The maximum atomic E-state index is 11.5. The van der Waals surface area contributed by atoms with Gasteiger partial charge >= 0.3 is 0 Å². The Hall–Kier alpha value is -1.14. The number of epoxide rings is 1. The first-order chi connectivity index (χ1) is 10.5. The molecular formula is C15H15Cl2N3O2. The summed E-state index contributed by atoms with van der Waals surface area (Å²) < 4.78 is 7.36. The van der Waals surface area contributed by atoms with Crippen LogP contribution in [0.5, 0.6) is 0 Å². The number of aromatic nitrogens is 3. The van der Waals surface area contributed by atoms with Crippen LogP contribution in [0.25, 0.3) is 0 Å². The molecule has 7 heteroatoms. The predicted octanol–water partition coefficient (Wildman–Crippen LogP) is 2.36. The van der Waals surface area contributed by atoms with Gasteiger partial charge in [-0.2, -0.15) is 5.10 Å². The smallest absolute Gasteiger partial charge is 0.149 e. The predicted molar refractivity (Wildman–Crippen MR) is 81.9 cm³/mol. The van der Waals surface area contributed by atoms with Crippen LogP contribution in [-0.4, -0.2) is 37.0 Å². The fourth-order valence-electron chi connectivity index (χ4n) is 3.16. The first kappa shape index (κ1) is 14.5. The molecule has 0 spiro atoms. The van der Waals surface area contributed by atoms with Gasteiger partial charge in [-0.25, -0.2) is 9.67 Å². The highest BCUT2D eigenvalue weighted by Crippen LogP contribution is 2.63. The van der Waals surface area contributed by atoms with Gasteiger partial charge in [-0.1, -0.05) is 23.7 Å². The van der Waals surface area contributed by atoms with Crippen LogP contribution in [0.15, 0.2) is 36.9 Å². The molecule has 2 aromatic rings. The van der Waals surface area contributed by atoms with Gasteiger partial charge in [0.05, 0.1) is 18.0 Å². The standard InChI is InChI=1S/C15H15Cl2N3O2/c16-12-3-1-2-11(6-12)14(8-22-14)15(21,13(17)4-5-13)7-20-10-18-9-19-20/h1-3,6,9-10,21H,4-5,7-8H2. The van der Waals surface area contributed by atoms with Gasteiger partial charge in [-0.15, -0.1) is 11.6 Å². The van der Waals surface area contributed by atoms with Gasteiger partial charge in [0.2, 0.25) is 0 Å². The van der Waals surface area contributed by atoms with Gasteiger partial charge in [0.15, 0.2) is 0 Å². The lowest BCUT2D eigenvalue weighted by molar-refractivity contribution is -0.0666. The maximum absolute atomic E-state index is 11.5. The number of rotatable bonds is 5. The number of aliphatic hydroxyl groups is 1. The normalized spacial score (nSPS) is 28.1. The Morgan fingerprint density at radius 3 is 2.73 bits per heavy atom. The van der Waals surface area contributed by atoms with Crippen molar-refractivity contribution in [3.05, 3.63) is 47.5 Å².